The Balaban J connectivity index is 2.90. The Morgan fingerprint density at radius 1 is 1.55 bits per heavy atom. The van der Waals surface area contributed by atoms with Gasteiger partial charge in [0.25, 0.3) is 0 Å². The predicted octanol–water partition coefficient (Wildman–Crippen LogP) is 2.27. The Labute approximate surface area is 69.8 Å². The number of aromatic nitrogens is 1. The third kappa shape index (κ3) is 2.40. The number of nitriles is 1. The van der Waals surface area contributed by atoms with Crippen LogP contribution in [0.3, 0.4) is 0 Å². The second-order valence-electron chi connectivity index (χ2n) is 1.85. The van der Waals surface area contributed by atoms with Crippen molar-refractivity contribution in [3.8, 4) is 6.07 Å². The van der Waals surface area contributed by atoms with Crippen molar-refractivity contribution in [1.29, 1.82) is 5.26 Å². The molecule has 2 nitrogen and oxygen atoms in total. The number of allylic oxidation sites excluding steroid dienone is 1. The Morgan fingerprint density at radius 2 is 2.36 bits per heavy atom. The summed E-state index contributed by atoms with van der Waals surface area (Å²) < 4.78 is 0. The summed E-state index contributed by atoms with van der Waals surface area (Å²) in [6, 6.07) is 7.12. The molecule has 11 heavy (non-hydrogen) atoms. The van der Waals surface area contributed by atoms with Gasteiger partial charge in [-0.2, -0.15) is 5.26 Å². The third-order valence-electron chi connectivity index (χ3n) is 1.07. The minimum atomic E-state index is 0.435. The Bertz CT molecular complexity index is 312. The normalized spacial score (nSPS) is 9.82. The zero-order valence-electron chi connectivity index (χ0n) is 5.66. The fourth-order valence-corrected chi connectivity index (χ4v) is 0.810. The molecule has 0 radical (unpaired) electrons. The van der Waals surface area contributed by atoms with E-state index in [2.05, 4.69) is 4.98 Å². The average Bonchev–Trinajstić information content (AvgIpc) is 2.01. The lowest BCUT2D eigenvalue weighted by atomic mass is 10.3. The maximum Gasteiger partial charge on any atom is 0.129 e. The van der Waals surface area contributed by atoms with Crippen LogP contribution in [0.25, 0.3) is 6.08 Å². The molecule has 1 rings (SSSR count). The highest BCUT2D eigenvalue weighted by Crippen LogP contribution is 2.05. The summed E-state index contributed by atoms with van der Waals surface area (Å²) in [5, 5.41) is 8.63. The second-order valence-corrected chi connectivity index (χ2v) is 2.23. The average molecular weight is 165 g/mol. The molecule has 0 aliphatic carbocycles. The van der Waals surface area contributed by atoms with Gasteiger partial charge in [-0.15, -0.1) is 0 Å². The molecule has 1 heterocycles. The van der Waals surface area contributed by atoms with Gasteiger partial charge in [-0.3, -0.25) is 0 Å². The molecule has 0 saturated heterocycles. The van der Waals surface area contributed by atoms with E-state index < -0.39 is 0 Å². The molecule has 0 spiro atoms. The van der Waals surface area contributed by atoms with Gasteiger partial charge in [0.2, 0.25) is 0 Å². The van der Waals surface area contributed by atoms with Gasteiger partial charge in [0.05, 0.1) is 11.8 Å². The van der Waals surface area contributed by atoms with Gasteiger partial charge < -0.3 is 0 Å². The van der Waals surface area contributed by atoms with Crippen molar-refractivity contribution >= 4 is 17.7 Å². The standard InChI is InChI=1S/C8H5ClN2/c9-8-5-1-3-7(11-8)4-2-6-10/h1-5H/b4-2+. The first-order valence-corrected chi connectivity index (χ1v) is 3.39. The van der Waals surface area contributed by atoms with Crippen molar-refractivity contribution in [1.82, 2.24) is 4.98 Å². The molecule has 0 saturated carbocycles. The first-order valence-electron chi connectivity index (χ1n) is 3.01. The lowest BCUT2D eigenvalue weighted by Gasteiger charge is -1.90. The zero-order chi connectivity index (χ0) is 8.10. The van der Waals surface area contributed by atoms with E-state index in [4.69, 9.17) is 16.9 Å². The van der Waals surface area contributed by atoms with Crippen molar-refractivity contribution in [2.45, 2.75) is 0 Å². The summed E-state index contributed by atoms with van der Waals surface area (Å²) in [7, 11) is 0. The molecule has 0 aliphatic heterocycles. The minimum absolute atomic E-state index is 0.435. The monoisotopic (exact) mass is 164 g/mol. The lowest BCUT2D eigenvalue weighted by molar-refractivity contribution is 1.29. The van der Waals surface area contributed by atoms with Crippen molar-refractivity contribution in [3.05, 3.63) is 35.1 Å². The fraction of sp³-hybridized carbons (Fsp3) is 0. The zero-order valence-corrected chi connectivity index (χ0v) is 6.42. The third-order valence-corrected chi connectivity index (χ3v) is 1.28. The van der Waals surface area contributed by atoms with Crippen LogP contribution >= 0.6 is 11.6 Å². The van der Waals surface area contributed by atoms with Crippen molar-refractivity contribution in [2.75, 3.05) is 0 Å². The number of pyridine rings is 1. The highest BCUT2D eigenvalue weighted by atomic mass is 35.5. The maximum absolute atomic E-state index is 8.20. The molecule has 0 bridgehead atoms. The number of hydrogen-bond donors (Lipinski definition) is 0. The van der Waals surface area contributed by atoms with Crippen LogP contribution in [-0.2, 0) is 0 Å². The van der Waals surface area contributed by atoms with E-state index in [9.17, 15) is 0 Å². The summed E-state index contributed by atoms with van der Waals surface area (Å²) in [6.45, 7) is 0. The Hall–Kier alpha value is -1.33. The van der Waals surface area contributed by atoms with Crippen molar-refractivity contribution < 1.29 is 0 Å². The van der Waals surface area contributed by atoms with E-state index in [1.165, 1.54) is 6.08 Å². The molecule has 1 aromatic heterocycles. The van der Waals surface area contributed by atoms with E-state index in [-0.39, 0.29) is 0 Å². The largest absolute Gasteiger partial charge is 0.237 e. The number of hydrogen-bond acceptors (Lipinski definition) is 2. The van der Waals surface area contributed by atoms with Crippen molar-refractivity contribution in [3.63, 3.8) is 0 Å². The van der Waals surface area contributed by atoms with Crippen LogP contribution in [0, 0.1) is 11.3 Å². The van der Waals surface area contributed by atoms with Crippen LogP contribution in [0.4, 0.5) is 0 Å². The van der Waals surface area contributed by atoms with Crippen LogP contribution in [0.1, 0.15) is 5.69 Å². The van der Waals surface area contributed by atoms with E-state index in [0.29, 0.717) is 10.8 Å². The smallest absolute Gasteiger partial charge is 0.129 e. The quantitative estimate of drug-likeness (QED) is 0.472. The van der Waals surface area contributed by atoms with E-state index in [1.54, 1.807) is 24.3 Å². The predicted molar refractivity (Wildman–Crippen MR) is 43.9 cm³/mol. The van der Waals surface area contributed by atoms with Crippen molar-refractivity contribution in [2.24, 2.45) is 0 Å². The molecule has 0 atom stereocenters. The number of rotatable bonds is 1. The molecule has 3 heteroatoms. The SMILES string of the molecule is N#C/C=C/c1cccc(Cl)n1. The summed E-state index contributed by atoms with van der Waals surface area (Å²) in [5.41, 5.74) is 0.694. The summed E-state index contributed by atoms with van der Waals surface area (Å²) in [4.78, 5) is 3.94. The topological polar surface area (TPSA) is 36.7 Å². The van der Waals surface area contributed by atoms with Gasteiger partial charge in [0.1, 0.15) is 5.15 Å². The molecule has 0 fully saturated rings. The van der Waals surface area contributed by atoms with Gasteiger partial charge in [-0.05, 0) is 18.2 Å². The minimum Gasteiger partial charge on any atom is -0.237 e. The van der Waals surface area contributed by atoms with Crippen LogP contribution in [0.5, 0.6) is 0 Å². The molecule has 54 valence electrons. The highest BCUT2D eigenvalue weighted by molar-refractivity contribution is 6.29. The summed E-state index contributed by atoms with van der Waals surface area (Å²) in [6.07, 6.45) is 2.96. The van der Waals surface area contributed by atoms with Crippen LogP contribution in [0.2, 0.25) is 5.15 Å². The van der Waals surface area contributed by atoms with E-state index in [0.717, 1.165) is 0 Å². The first-order chi connectivity index (χ1) is 5.33. The molecule has 0 aliphatic rings. The molecule has 0 aromatic carbocycles. The lowest BCUT2D eigenvalue weighted by Crippen LogP contribution is -1.78. The number of halogens is 1. The maximum atomic E-state index is 8.20. The van der Waals surface area contributed by atoms with E-state index >= 15 is 0 Å². The molecule has 0 unspecified atom stereocenters. The highest BCUT2D eigenvalue weighted by Gasteiger charge is 1.88. The fourth-order valence-electron chi connectivity index (χ4n) is 0.639. The van der Waals surface area contributed by atoms with Crippen LogP contribution in [0.15, 0.2) is 24.3 Å². The number of nitrogens with zero attached hydrogens (tertiary/aromatic N) is 2. The van der Waals surface area contributed by atoms with Crippen LogP contribution in [-0.4, -0.2) is 4.98 Å². The second kappa shape index (κ2) is 3.75. The van der Waals surface area contributed by atoms with Gasteiger partial charge in [-0.1, -0.05) is 17.7 Å². The summed E-state index contributed by atoms with van der Waals surface area (Å²) >= 11 is 5.60. The Kier molecular flexibility index (Phi) is 2.65. The van der Waals surface area contributed by atoms with Gasteiger partial charge in [0.15, 0.2) is 0 Å². The van der Waals surface area contributed by atoms with Gasteiger partial charge in [0, 0.05) is 6.08 Å². The van der Waals surface area contributed by atoms with Gasteiger partial charge >= 0.3 is 0 Å². The molecule has 1 aromatic rings. The molecular formula is C8H5ClN2. The first kappa shape index (κ1) is 7.77. The molecule has 0 amide bonds. The Morgan fingerprint density at radius 3 is 3.00 bits per heavy atom. The molecule has 0 N–H and O–H groups in total. The molecular weight excluding hydrogens is 160 g/mol. The van der Waals surface area contributed by atoms with Crippen LogP contribution < -0.4 is 0 Å². The van der Waals surface area contributed by atoms with Gasteiger partial charge in [-0.25, -0.2) is 4.98 Å². The van der Waals surface area contributed by atoms with E-state index in [1.807, 2.05) is 6.07 Å². The summed E-state index contributed by atoms with van der Waals surface area (Å²) in [5.74, 6) is 0.